The second kappa shape index (κ2) is 6.88. The van der Waals surface area contributed by atoms with Gasteiger partial charge in [0.15, 0.2) is 0 Å². The molecule has 0 saturated carbocycles. The Morgan fingerprint density at radius 1 is 1.28 bits per heavy atom. The van der Waals surface area contributed by atoms with Gasteiger partial charge in [0.2, 0.25) is 0 Å². The lowest BCUT2D eigenvalue weighted by Gasteiger charge is -2.35. The number of rotatable bonds is 3. The Bertz CT molecular complexity index is 800. The lowest BCUT2D eigenvalue weighted by Crippen LogP contribution is -2.49. The van der Waals surface area contributed by atoms with Crippen molar-refractivity contribution in [1.29, 1.82) is 0 Å². The molecule has 2 atom stereocenters. The number of carbonyl (C=O) groups is 2. The first kappa shape index (κ1) is 17.5. The van der Waals surface area contributed by atoms with Crippen LogP contribution < -0.4 is 0 Å². The average molecular weight is 362 g/mol. The predicted molar refractivity (Wildman–Crippen MR) is 94.2 cm³/mol. The van der Waals surface area contributed by atoms with Gasteiger partial charge in [-0.3, -0.25) is 4.79 Å². The fourth-order valence-corrected chi connectivity index (χ4v) is 3.30. The van der Waals surface area contributed by atoms with Gasteiger partial charge in [0.1, 0.15) is 6.04 Å². The summed E-state index contributed by atoms with van der Waals surface area (Å²) in [5.74, 6) is -0.942. The number of halogens is 1. The van der Waals surface area contributed by atoms with Gasteiger partial charge in [-0.2, -0.15) is 5.10 Å². The number of benzene rings is 1. The third kappa shape index (κ3) is 3.54. The molecular weight excluding hydrogens is 342 g/mol. The van der Waals surface area contributed by atoms with Crippen LogP contribution >= 0.6 is 11.6 Å². The van der Waals surface area contributed by atoms with Crippen LogP contribution in [-0.4, -0.2) is 44.3 Å². The van der Waals surface area contributed by atoms with Crippen molar-refractivity contribution in [2.75, 3.05) is 6.54 Å². The van der Waals surface area contributed by atoms with E-state index >= 15 is 0 Å². The second-order valence-corrected chi connectivity index (χ2v) is 6.97. The fourth-order valence-electron chi connectivity index (χ4n) is 3.17. The normalized spacial score (nSPS) is 20.5. The highest BCUT2D eigenvalue weighted by Crippen LogP contribution is 2.25. The number of carboxylic acid groups (broad SMARTS) is 1. The molecule has 132 valence electrons. The highest BCUT2D eigenvalue weighted by Gasteiger charge is 2.36. The van der Waals surface area contributed by atoms with Crippen LogP contribution in [0.1, 0.15) is 35.8 Å². The SMILES string of the molecule is Cc1nn(-c2ccc(Cl)cc2)cc1C(=O)N1CCC(C)CC1C(=O)O. The fraction of sp³-hybridized carbons (Fsp3) is 0.389. The number of carboxylic acids is 1. The van der Waals surface area contributed by atoms with Gasteiger partial charge < -0.3 is 10.0 Å². The van der Waals surface area contributed by atoms with Gasteiger partial charge in [-0.05, 0) is 49.9 Å². The van der Waals surface area contributed by atoms with Crippen LogP contribution in [0.15, 0.2) is 30.5 Å². The van der Waals surface area contributed by atoms with Gasteiger partial charge in [0, 0.05) is 17.8 Å². The average Bonchev–Trinajstić information content (AvgIpc) is 2.96. The van der Waals surface area contributed by atoms with Crippen molar-refractivity contribution in [2.45, 2.75) is 32.7 Å². The molecule has 1 aromatic heterocycles. The molecule has 1 aromatic carbocycles. The van der Waals surface area contributed by atoms with E-state index < -0.39 is 12.0 Å². The monoisotopic (exact) mass is 361 g/mol. The smallest absolute Gasteiger partial charge is 0.326 e. The summed E-state index contributed by atoms with van der Waals surface area (Å²) >= 11 is 5.90. The Hall–Kier alpha value is -2.34. The summed E-state index contributed by atoms with van der Waals surface area (Å²) in [7, 11) is 0. The molecule has 3 rings (SSSR count). The number of nitrogens with zero attached hydrogens (tertiary/aromatic N) is 3. The van der Waals surface area contributed by atoms with Crippen molar-refractivity contribution in [1.82, 2.24) is 14.7 Å². The summed E-state index contributed by atoms with van der Waals surface area (Å²) < 4.78 is 1.61. The molecule has 2 unspecified atom stereocenters. The molecular formula is C18H20ClN3O3. The third-order valence-electron chi connectivity index (χ3n) is 4.63. The quantitative estimate of drug-likeness (QED) is 0.911. The van der Waals surface area contributed by atoms with Crippen molar-refractivity contribution in [3.8, 4) is 5.69 Å². The lowest BCUT2D eigenvalue weighted by atomic mass is 9.92. The van der Waals surface area contributed by atoms with Crippen LogP contribution in [0, 0.1) is 12.8 Å². The number of hydrogen-bond acceptors (Lipinski definition) is 3. The van der Waals surface area contributed by atoms with Crippen LogP contribution in [-0.2, 0) is 4.79 Å². The number of amides is 1. The minimum absolute atomic E-state index is 0.281. The molecule has 1 fully saturated rings. The molecule has 1 amide bonds. The summed E-state index contributed by atoms with van der Waals surface area (Å²) in [6.07, 6.45) is 2.93. The number of aliphatic carboxylic acids is 1. The summed E-state index contributed by atoms with van der Waals surface area (Å²) in [5.41, 5.74) is 1.78. The number of carbonyl (C=O) groups excluding carboxylic acids is 1. The highest BCUT2D eigenvalue weighted by atomic mass is 35.5. The summed E-state index contributed by atoms with van der Waals surface area (Å²) in [4.78, 5) is 25.9. The largest absolute Gasteiger partial charge is 0.480 e. The maximum absolute atomic E-state index is 12.9. The first-order valence-corrected chi connectivity index (χ1v) is 8.60. The Balaban J connectivity index is 1.89. The Morgan fingerprint density at radius 2 is 1.96 bits per heavy atom. The van der Waals surface area contributed by atoms with E-state index in [0.717, 1.165) is 12.1 Å². The molecule has 25 heavy (non-hydrogen) atoms. The second-order valence-electron chi connectivity index (χ2n) is 6.53. The van der Waals surface area contributed by atoms with E-state index in [2.05, 4.69) is 5.10 Å². The van der Waals surface area contributed by atoms with Crippen LogP contribution in [0.25, 0.3) is 5.69 Å². The van der Waals surface area contributed by atoms with E-state index in [-0.39, 0.29) is 5.91 Å². The predicted octanol–water partition coefficient (Wildman–Crippen LogP) is 3.16. The molecule has 2 aromatic rings. The van der Waals surface area contributed by atoms with Gasteiger partial charge in [-0.15, -0.1) is 0 Å². The Kier molecular flexibility index (Phi) is 4.81. The van der Waals surface area contributed by atoms with Gasteiger partial charge in [0.25, 0.3) is 5.91 Å². The molecule has 0 bridgehead atoms. The maximum Gasteiger partial charge on any atom is 0.326 e. The topological polar surface area (TPSA) is 75.4 Å². The molecule has 1 saturated heterocycles. The summed E-state index contributed by atoms with van der Waals surface area (Å²) in [6, 6.07) is 6.34. The maximum atomic E-state index is 12.9. The van der Waals surface area contributed by atoms with Gasteiger partial charge >= 0.3 is 5.97 Å². The molecule has 0 radical (unpaired) electrons. The van der Waals surface area contributed by atoms with Crippen molar-refractivity contribution >= 4 is 23.5 Å². The number of aryl methyl sites for hydroxylation is 1. The molecule has 1 aliphatic rings. The first-order chi connectivity index (χ1) is 11.9. The molecule has 0 spiro atoms. The highest BCUT2D eigenvalue weighted by molar-refractivity contribution is 6.30. The van der Waals surface area contributed by atoms with Crippen molar-refractivity contribution in [3.63, 3.8) is 0 Å². The minimum Gasteiger partial charge on any atom is -0.480 e. The minimum atomic E-state index is -0.956. The molecule has 1 N–H and O–H groups in total. The number of piperidine rings is 1. The Labute approximate surface area is 151 Å². The number of hydrogen-bond donors (Lipinski definition) is 1. The van der Waals surface area contributed by atoms with E-state index in [1.165, 1.54) is 4.90 Å². The first-order valence-electron chi connectivity index (χ1n) is 8.23. The van der Waals surface area contributed by atoms with Crippen LogP contribution in [0.2, 0.25) is 5.02 Å². The molecule has 6 nitrogen and oxygen atoms in total. The van der Waals surface area contributed by atoms with E-state index in [0.29, 0.717) is 35.2 Å². The van der Waals surface area contributed by atoms with E-state index in [1.54, 1.807) is 29.9 Å². The van der Waals surface area contributed by atoms with Crippen molar-refractivity contribution in [2.24, 2.45) is 5.92 Å². The standard InChI is InChI=1S/C18H20ClN3O3/c1-11-7-8-21(16(9-11)18(24)25)17(23)15-10-22(20-12(15)2)14-5-3-13(19)4-6-14/h3-6,10-11,16H,7-9H2,1-2H3,(H,24,25). The zero-order chi connectivity index (χ0) is 18.1. The van der Waals surface area contributed by atoms with Gasteiger partial charge in [0.05, 0.1) is 16.9 Å². The summed E-state index contributed by atoms with van der Waals surface area (Å²) in [6.45, 7) is 4.21. The van der Waals surface area contributed by atoms with Crippen molar-refractivity contribution in [3.05, 3.63) is 46.7 Å². The zero-order valence-corrected chi connectivity index (χ0v) is 14.9. The van der Waals surface area contributed by atoms with Gasteiger partial charge in [-0.1, -0.05) is 18.5 Å². The van der Waals surface area contributed by atoms with Crippen molar-refractivity contribution < 1.29 is 14.7 Å². The van der Waals surface area contributed by atoms with Crippen LogP contribution in [0.3, 0.4) is 0 Å². The molecule has 7 heteroatoms. The molecule has 2 heterocycles. The number of aromatic nitrogens is 2. The molecule has 1 aliphatic heterocycles. The number of likely N-dealkylation sites (tertiary alicyclic amines) is 1. The Morgan fingerprint density at radius 3 is 2.60 bits per heavy atom. The van der Waals surface area contributed by atoms with E-state index in [4.69, 9.17) is 11.6 Å². The van der Waals surface area contributed by atoms with Crippen LogP contribution in [0.4, 0.5) is 0 Å². The molecule has 0 aliphatic carbocycles. The van der Waals surface area contributed by atoms with E-state index in [9.17, 15) is 14.7 Å². The summed E-state index contributed by atoms with van der Waals surface area (Å²) in [5, 5.41) is 14.5. The lowest BCUT2D eigenvalue weighted by molar-refractivity contribution is -0.144. The third-order valence-corrected chi connectivity index (χ3v) is 4.88. The zero-order valence-electron chi connectivity index (χ0n) is 14.1. The van der Waals surface area contributed by atoms with Gasteiger partial charge in [-0.25, -0.2) is 9.48 Å². The van der Waals surface area contributed by atoms with Crippen LogP contribution in [0.5, 0.6) is 0 Å². The van der Waals surface area contributed by atoms with E-state index in [1.807, 2.05) is 19.1 Å².